The highest BCUT2D eigenvalue weighted by atomic mass is 79.9. The summed E-state index contributed by atoms with van der Waals surface area (Å²) < 4.78 is 35.6. The zero-order chi connectivity index (χ0) is 17.9. The summed E-state index contributed by atoms with van der Waals surface area (Å²) >= 11 is 3.26. The lowest BCUT2D eigenvalue weighted by Gasteiger charge is -2.14. The highest BCUT2D eigenvalue weighted by molar-refractivity contribution is 9.10. The molecule has 0 fully saturated rings. The molecule has 2 rings (SSSR count). The number of ether oxygens (including phenoxy) is 2. The molecule has 128 valence electrons. The summed E-state index contributed by atoms with van der Waals surface area (Å²) in [6.07, 6.45) is 0. The number of phenols is 1. The molecule has 0 radical (unpaired) electrons. The Morgan fingerprint density at radius 2 is 1.92 bits per heavy atom. The van der Waals surface area contributed by atoms with Crippen molar-refractivity contribution in [2.75, 3.05) is 14.2 Å². The Labute approximate surface area is 148 Å². The molecule has 0 amide bonds. The maximum Gasteiger partial charge on any atom is 0.342 e. The maximum absolute atomic E-state index is 12.6. The van der Waals surface area contributed by atoms with E-state index in [2.05, 4.69) is 15.9 Å². The quantitative estimate of drug-likeness (QED) is 0.756. The van der Waals surface area contributed by atoms with Crippen LogP contribution in [-0.4, -0.2) is 33.7 Å². The Bertz CT molecular complexity index is 876. The number of benzene rings is 2. The van der Waals surface area contributed by atoms with E-state index in [1.54, 1.807) is 6.07 Å². The molecule has 0 saturated heterocycles. The van der Waals surface area contributed by atoms with E-state index in [1.807, 2.05) is 0 Å². The van der Waals surface area contributed by atoms with E-state index < -0.39 is 21.6 Å². The molecular weight excluding hydrogens is 400 g/mol. The van der Waals surface area contributed by atoms with Crippen LogP contribution in [0, 0.1) is 0 Å². The molecule has 0 aliphatic carbocycles. The number of aromatic hydroxyl groups is 1. The first-order valence-corrected chi connectivity index (χ1v) is 9.20. The van der Waals surface area contributed by atoms with Crippen LogP contribution in [0.1, 0.15) is 15.9 Å². The first-order chi connectivity index (χ1) is 11.3. The molecule has 0 aliphatic rings. The maximum atomic E-state index is 12.6. The molecule has 0 unspecified atom stereocenters. The first kappa shape index (κ1) is 18.3. The number of esters is 1. The summed E-state index contributed by atoms with van der Waals surface area (Å²) in [5.74, 6) is -1.10. The third-order valence-electron chi connectivity index (χ3n) is 3.31. The van der Waals surface area contributed by atoms with Gasteiger partial charge in [-0.3, -0.25) is 0 Å². The van der Waals surface area contributed by atoms with Crippen molar-refractivity contribution in [1.29, 1.82) is 0 Å². The van der Waals surface area contributed by atoms with Crippen molar-refractivity contribution in [3.63, 3.8) is 0 Å². The van der Waals surface area contributed by atoms with Crippen molar-refractivity contribution in [3.05, 3.63) is 52.0 Å². The highest BCUT2D eigenvalue weighted by Crippen LogP contribution is 2.34. The fraction of sp³-hybridized carbons (Fsp3) is 0.188. The van der Waals surface area contributed by atoms with Crippen LogP contribution in [0.25, 0.3) is 0 Å². The molecule has 24 heavy (non-hydrogen) atoms. The predicted octanol–water partition coefficient (Wildman–Crippen LogP) is 2.92. The van der Waals surface area contributed by atoms with Gasteiger partial charge in [-0.2, -0.15) is 0 Å². The average molecular weight is 415 g/mol. The molecular formula is C16H15BrO6S. The summed E-state index contributed by atoms with van der Waals surface area (Å²) in [4.78, 5) is 12.0. The number of halogens is 1. The van der Waals surface area contributed by atoms with Gasteiger partial charge in [-0.25, -0.2) is 13.2 Å². The second-order valence-corrected chi connectivity index (χ2v) is 7.71. The van der Waals surface area contributed by atoms with E-state index in [-0.39, 0.29) is 27.5 Å². The van der Waals surface area contributed by atoms with Gasteiger partial charge in [0.05, 0.1) is 29.3 Å². The number of rotatable bonds is 5. The van der Waals surface area contributed by atoms with E-state index in [9.17, 15) is 18.3 Å². The molecule has 0 aliphatic heterocycles. The van der Waals surface area contributed by atoms with Gasteiger partial charge in [0, 0.05) is 0 Å². The third-order valence-corrected chi connectivity index (χ3v) is 5.60. The standard InChI is InChI=1S/C16H15BrO6S/c1-22-15-13(17)7-6-10(14(15)16(19)23-2)9-24(20,21)12-5-3-4-11(18)8-12/h3-8,18H,9H2,1-2H3. The van der Waals surface area contributed by atoms with Gasteiger partial charge < -0.3 is 14.6 Å². The molecule has 1 N–H and O–H groups in total. The minimum atomic E-state index is -3.78. The molecule has 0 bridgehead atoms. The van der Waals surface area contributed by atoms with Crippen molar-refractivity contribution >= 4 is 31.7 Å². The van der Waals surface area contributed by atoms with E-state index in [0.717, 1.165) is 6.07 Å². The summed E-state index contributed by atoms with van der Waals surface area (Å²) in [5.41, 5.74) is 0.281. The molecule has 0 spiro atoms. The number of hydrogen-bond donors (Lipinski definition) is 1. The number of phenolic OH excluding ortho intramolecular Hbond substituents is 1. The average Bonchev–Trinajstić information content (AvgIpc) is 2.55. The SMILES string of the molecule is COC(=O)c1c(CS(=O)(=O)c2cccc(O)c2)ccc(Br)c1OC. The van der Waals surface area contributed by atoms with Crippen LogP contribution >= 0.6 is 15.9 Å². The second-order valence-electron chi connectivity index (χ2n) is 4.86. The smallest absolute Gasteiger partial charge is 0.342 e. The predicted molar refractivity (Wildman–Crippen MR) is 91.0 cm³/mol. The molecule has 6 nitrogen and oxygen atoms in total. The lowest BCUT2D eigenvalue weighted by molar-refractivity contribution is 0.0596. The second kappa shape index (κ2) is 7.23. The fourth-order valence-corrected chi connectivity index (χ4v) is 4.10. The Kier molecular flexibility index (Phi) is 5.51. The largest absolute Gasteiger partial charge is 0.508 e. The summed E-state index contributed by atoms with van der Waals surface area (Å²) in [5, 5.41) is 9.48. The topological polar surface area (TPSA) is 89.9 Å². The van der Waals surface area contributed by atoms with Gasteiger partial charge in [-0.15, -0.1) is 0 Å². The van der Waals surface area contributed by atoms with Gasteiger partial charge >= 0.3 is 5.97 Å². The van der Waals surface area contributed by atoms with Crippen LogP contribution in [0.3, 0.4) is 0 Å². The number of hydrogen-bond acceptors (Lipinski definition) is 6. The fourth-order valence-electron chi connectivity index (χ4n) is 2.21. The Hall–Kier alpha value is -2.06. The van der Waals surface area contributed by atoms with Gasteiger partial charge in [0.1, 0.15) is 17.1 Å². The molecule has 2 aromatic rings. The van der Waals surface area contributed by atoms with E-state index in [0.29, 0.717) is 4.47 Å². The molecule has 0 atom stereocenters. The minimum Gasteiger partial charge on any atom is -0.508 e. The van der Waals surface area contributed by atoms with Crippen LogP contribution in [0.4, 0.5) is 0 Å². The lowest BCUT2D eigenvalue weighted by Crippen LogP contribution is -2.13. The summed E-state index contributed by atoms with van der Waals surface area (Å²) in [7, 11) is -1.20. The van der Waals surface area contributed by atoms with Gasteiger partial charge in [-0.1, -0.05) is 12.1 Å². The third kappa shape index (κ3) is 3.70. The Balaban J connectivity index is 2.55. The number of carbonyl (C=O) groups excluding carboxylic acids is 1. The first-order valence-electron chi connectivity index (χ1n) is 6.75. The Morgan fingerprint density at radius 3 is 2.50 bits per heavy atom. The molecule has 2 aromatic carbocycles. The van der Waals surface area contributed by atoms with Gasteiger partial charge in [0.15, 0.2) is 9.84 Å². The van der Waals surface area contributed by atoms with E-state index in [1.165, 1.54) is 38.5 Å². The van der Waals surface area contributed by atoms with Gasteiger partial charge in [0.2, 0.25) is 0 Å². The number of carbonyl (C=O) groups is 1. The van der Waals surface area contributed by atoms with Crippen LogP contribution in [0.15, 0.2) is 45.8 Å². The van der Waals surface area contributed by atoms with Gasteiger partial charge in [0.25, 0.3) is 0 Å². The van der Waals surface area contributed by atoms with Crippen molar-refractivity contribution in [2.45, 2.75) is 10.6 Å². The van der Waals surface area contributed by atoms with Crippen LogP contribution in [-0.2, 0) is 20.3 Å². The van der Waals surface area contributed by atoms with E-state index >= 15 is 0 Å². The molecule has 0 saturated carbocycles. The van der Waals surface area contributed by atoms with Crippen molar-refractivity contribution < 1.29 is 27.8 Å². The Morgan fingerprint density at radius 1 is 1.21 bits per heavy atom. The van der Waals surface area contributed by atoms with Gasteiger partial charge in [-0.05, 0) is 45.8 Å². The van der Waals surface area contributed by atoms with Crippen LogP contribution < -0.4 is 4.74 Å². The van der Waals surface area contributed by atoms with Crippen molar-refractivity contribution in [2.24, 2.45) is 0 Å². The van der Waals surface area contributed by atoms with Crippen LogP contribution in [0.5, 0.6) is 11.5 Å². The number of sulfone groups is 1. The monoisotopic (exact) mass is 414 g/mol. The molecule has 0 aromatic heterocycles. The zero-order valence-corrected chi connectivity index (χ0v) is 15.3. The summed E-state index contributed by atoms with van der Waals surface area (Å²) in [6, 6.07) is 8.46. The lowest BCUT2D eigenvalue weighted by atomic mass is 10.1. The number of methoxy groups -OCH3 is 2. The molecule has 8 heteroatoms. The minimum absolute atomic E-state index is 0.0399. The molecule has 0 heterocycles. The van der Waals surface area contributed by atoms with E-state index in [4.69, 9.17) is 9.47 Å². The van der Waals surface area contributed by atoms with Crippen LogP contribution in [0.2, 0.25) is 0 Å². The highest BCUT2D eigenvalue weighted by Gasteiger charge is 2.25. The normalized spacial score (nSPS) is 11.1. The zero-order valence-electron chi connectivity index (χ0n) is 12.9. The van der Waals surface area contributed by atoms with Crippen molar-refractivity contribution in [3.8, 4) is 11.5 Å². The van der Waals surface area contributed by atoms with Crippen molar-refractivity contribution in [1.82, 2.24) is 0 Å². The summed E-state index contributed by atoms with van der Waals surface area (Å²) in [6.45, 7) is 0.